The number of alkyl halides is 3. The minimum absolute atomic E-state index is 0.0241. The molecule has 282 valence electrons. The SMILES string of the molecule is CC(=O)O[C@@H](CC[C@H]1C(=O)N(c2ccc(OS(=O)(=O)C(F)(F)F)cc2)[C@@H]1c1ccc(C#CC2(OC(C)=O)COC(C)(C)OC2)cc1)c1ccc(F)cc1. The molecule has 0 saturated carbocycles. The summed E-state index contributed by atoms with van der Waals surface area (Å²) < 4.78 is 102. The maximum atomic E-state index is 13.7. The van der Waals surface area contributed by atoms with E-state index in [1.54, 1.807) is 38.1 Å². The van der Waals surface area contributed by atoms with Gasteiger partial charge in [-0.15, -0.1) is 0 Å². The Balaban J connectivity index is 1.42. The molecular weight excluding hydrogens is 726 g/mol. The molecule has 16 heteroatoms. The van der Waals surface area contributed by atoms with Gasteiger partial charge >= 0.3 is 27.6 Å². The molecule has 5 rings (SSSR count). The second-order valence-electron chi connectivity index (χ2n) is 12.9. The van der Waals surface area contributed by atoms with Crippen LogP contribution in [0.1, 0.15) is 69.4 Å². The first-order valence-corrected chi connectivity index (χ1v) is 17.7. The second-order valence-corrected chi connectivity index (χ2v) is 14.4. The van der Waals surface area contributed by atoms with Gasteiger partial charge in [-0.05, 0) is 92.3 Å². The van der Waals surface area contributed by atoms with Gasteiger partial charge in [-0.1, -0.05) is 30.2 Å². The molecule has 0 aromatic heterocycles. The first kappa shape index (κ1) is 39.2. The Hall–Kier alpha value is -4.98. The van der Waals surface area contributed by atoms with Crippen molar-refractivity contribution in [2.24, 2.45) is 5.92 Å². The quantitative estimate of drug-likeness (QED) is 0.0581. The van der Waals surface area contributed by atoms with Crippen LogP contribution in [0.2, 0.25) is 0 Å². The van der Waals surface area contributed by atoms with Gasteiger partial charge in [-0.2, -0.15) is 21.6 Å². The Morgan fingerprint density at radius 2 is 1.55 bits per heavy atom. The Morgan fingerprint density at radius 1 is 0.943 bits per heavy atom. The second kappa shape index (κ2) is 15.2. The van der Waals surface area contributed by atoms with E-state index in [1.807, 2.05) is 0 Å². The van der Waals surface area contributed by atoms with Gasteiger partial charge in [-0.3, -0.25) is 14.4 Å². The summed E-state index contributed by atoms with van der Waals surface area (Å²) in [6.07, 6.45) is -0.386. The molecule has 3 atom stereocenters. The summed E-state index contributed by atoms with van der Waals surface area (Å²) in [5.41, 5.74) is -5.04. The molecule has 0 aliphatic carbocycles. The summed E-state index contributed by atoms with van der Waals surface area (Å²) in [4.78, 5) is 38.9. The van der Waals surface area contributed by atoms with Crippen LogP contribution in [0.5, 0.6) is 5.75 Å². The maximum Gasteiger partial charge on any atom is 0.534 e. The molecule has 53 heavy (non-hydrogen) atoms. The molecule has 2 aliphatic rings. The lowest BCUT2D eigenvalue weighted by atomic mass is 9.78. The number of carbonyl (C=O) groups is 3. The minimum Gasteiger partial charge on any atom is -0.458 e. The van der Waals surface area contributed by atoms with E-state index in [0.29, 0.717) is 16.7 Å². The molecule has 0 unspecified atom stereocenters. The number of nitrogens with zero attached hydrogens (tertiary/aromatic N) is 1. The molecule has 3 aromatic rings. The Labute approximate surface area is 303 Å². The highest BCUT2D eigenvalue weighted by molar-refractivity contribution is 7.88. The molecule has 0 N–H and O–H groups in total. The fourth-order valence-electron chi connectivity index (χ4n) is 5.88. The lowest BCUT2D eigenvalue weighted by Crippen LogP contribution is -2.55. The minimum atomic E-state index is -5.92. The van der Waals surface area contributed by atoms with Crippen molar-refractivity contribution >= 4 is 33.7 Å². The molecule has 2 aliphatic heterocycles. The zero-order valence-corrected chi connectivity index (χ0v) is 29.8. The van der Waals surface area contributed by atoms with Gasteiger partial charge in [0, 0.05) is 25.1 Å². The van der Waals surface area contributed by atoms with Crippen LogP contribution in [0, 0.1) is 23.6 Å². The van der Waals surface area contributed by atoms with Crippen LogP contribution in [0.25, 0.3) is 0 Å². The standard InChI is InChI=1S/C37H35F4NO10S/c1-23(43)50-32(26-9-11-28(38)12-10-26)18-17-31-33(42(34(31)45)29-13-15-30(16-14-29)52-53(46,47)37(39,40)41)27-7-5-25(6-8-27)19-20-36(51-24(2)44)21-48-35(3,4)49-22-36/h5-16,31-33H,17-18,21-22H2,1-4H3/t31-,32+,33-/m1/s1. The lowest BCUT2D eigenvalue weighted by molar-refractivity contribution is -0.291. The first-order valence-electron chi connectivity index (χ1n) is 16.3. The summed E-state index contributed by atoms with van der Waals surface area (Å²) in [5.74, 6) is 1.78. The topological polar surface area (TPSA) is 135 Å². The third kappa shape index (κ3) is 9.34. The number of esters is 2. The van der Waals surface area contributed by atoms with Crippen LogP contribution in [-0.4, -0.2) is 56.4 Å². The molecule has 0 spiro atoms. The monoisotopic (exact) mass is 761 g/mol. The van der Waals surface area contributed by atoms with E-state index in [1.165, 1.54) is 55.1 Å². The van der Waals surface area contributed by atoms with E-state index in [0.717, 1.165) is 12.1 Å². The summed E-state index contributed by atoms with van der Waals surface area (Å²) in [7, 11) is -5.92. The highest BCUT2D eigenvalue weighted by Gasteiger charge is 2.50. The Kier molecular flexibility index (Phi) is 11.2. The van der Waals surface area contributed by atoms with E-state index >= 15 is 0 Å². The zero-order valence-electron chi connectivity index (χ0n) is 28.9. The largest absolute Gasteiger partial charge is 0.534 e. The van der Waals surface area contributed by atoms with E-state index < -0.39 is 68.6 Å². The van der Waals surface area contributed by atoms with Crippen molar-refractivity contribution in [3.8, 4) is 17.6 Å². The van der Waals surface area contributed by atoms with E-state index in [2.05, 4.69) is 16.0 Å². The molecule has 0 radical (unpaired) electrons. The van der Waals surface area contributed by atoms with Crippen molar-refractivity contribution in [1.82, 2.24) is 0 Å². The van der Waals surface area contributed by atoms with Crippen molar-refractivity contribution < 1.29 is 63.5 Å². The van der Waals surface area contributed by atoms with Crippen LogP contribution >= 0.6 is 0 Å². The van der Waals surface area contributed by atoms with Crippen molar-refractivity contribution in [1.29, 1.82) is 0 Å². The van der Waals surface area contributed by atoms with E-state index in [4.69, 9.17) is 18.9 Å². The number of carbonyl (C=O) groups excluding carboxylic acids is 3. The van der Waals surface area contributed by atoms with Crippen LogP contribution in [0.15, 0.2) is 72.8 Å². The average molecular weight is 762 g/mol. The van der Waals surface area contributed by atoms with E-state index in [-0.39, 0.29) is 37.6 Å². The van der Waals surface area contributed by atoms with Crippen molar-refractivity contribution in [2.75, 3.05) is 18.1 Å². The van der Waals surface area contributed by atoms with Gasteiger partial charge in [-0.25, -0.2) is 4.39 Å². The van der Waals surface area contributed by atoms with Gasteiger partial charge in [0.1, 0.15) is 30.9 Å². The highest BCUT2D eigenvalue weighted by atomic mass is 32.2. The van der Waals surface area contributed by atoms with E-state index in [9.17, 15) is 40.4 Å². The smallest absolute Gasteiger partial charge is 0.458 e. The first-order chi connectivity index (χ1) is 24.8. The van der Waals surface area contributed by atoms with Gasteiger partial charge in [0.2, 0.25) is 11.5 Å². The number of halogens is 4. The number of anilines is 1. The van der Waals surface area contributed by atoms with Crippen LogP contribution in [-0.2, 0) is 43.4 Å². The van der Waals surface area contributed by atoms with Crippen molar-refractivity contribution in [3.05, 3.63) is 95.3 Å². The number of amides is 1. The van der Waals surface area contributed by atoms with Gasteiger partial charge < -0.3 is 28.0 Å². The Morgan fingerprint density at radius 3 is 2.09 bits per heavy atom. The van der Waals surface area contributed by atoms with Crippen molar-refractivity contribution in [2.45, 2.75) is 69.6 Å². The number of benzene rings is 3. The van der Waals surface area contributed by atoms with Gasteiger partial charge in [0.05, 0.1) is 12.0 Å². The predicted molar refractivity (Wildman–Crippen MR) is 180 cm³/mol. The summed E-state index contributed by atoms with van der Waals surface area (Å²) in [6.45, 7) is 5.87. The third-order valence-corrected chi connectivity index (χ3v) is 9.42. The molecule has 11 nitrogen and oxygen atoms in total. The predicted octanol–water partition coefficient (Wildman–Crippen LogP) is 6.28. The van der Waals surface area contributed by atoms with Gasteiger partial charge in [0.25, 0.3) is 0 Å². The molecule has 2 fully saturated rings. The number of β-lactam (4-membered cyclic amide) rings is 1. The number of hydrogen-bond donors (Lipinski definition) is 0. The number of hydrogen-bond acceptors (Lipinski definition) is 10. The van der Waals surface area contributed by atoms with Crippen LogP contribution < -0.4 is 9.08 Å². The number of rotatable bonds is 10. The zero-order chi connectivity index (χ0) is 38.8. The van der Waals surface area contributed by atoms with Crippen LogP contribution in [0.4, 0.5) is 23.2 Å². The fourth-order valence-corrected chi connectivity index (χ4v) is 6.34. The summed E-state index contributed by atoms with van der Waals surface area (Å²) in [6, 6.07) is 16.1. The van der Waals surface area contributed by atoms with Crippen LogP contribution in [0.3, 0.4) is 0 Å². The molecule has 0 bridgehead atoms. The molecule has 1 amide bonds. The third-order valence-electron chi connectivity index (χ3n) is 8.44. The van der Waals surface area contributed by atoms with Gasteiger partial charge in [0.15, 0.2) is 5.79 Å². The summed E-state index contributed by atoms with van der Waals surface area (Å²) >= 11 is 0. The highest BCUT2D eigenvalue weighted by Crippen LogP contribution is 2.47. The summed E-state index contributed by atoms with van der Waals surface area (Å²) in [5, 5.41) is 0. The fraction of sp³-hybridized carbons (Fsp3) is 0.378. The molecule has 3 aromatic carbocycles. The maximum absolute atomic E-state index is 13.7. The molecular formula is C37H35F4NO10S. The molecule has 2 saturated heterocycles. The number of ether oxygens (including phenoxy) is 4. The lowest BCUT2D eigenvalue weighted by Gasteiger charge is -2.48. The van der Waals surface area contributed by atoms with Crippen molar-refractivity contribution in [3.63, 3.8) is 0 Å². The average Bonchev–Trinajstić information content (AvgIpc) is 3.07. The Bertz CT molecular complexity index is 2000. The normalized spacial score (nSPS) is 19.9. The molecule has 2 heterocycles.